The molecule has 1 aliphatic rings. The van der Waals surface area contributed by atoms with Crippen molar-refractivity contribution in [1.82, 2.24) is 9.97 Å². The first-order chi connectivity index (χ1) is 10.7. The molecule has 1 N–H and O–H groups in total. The van der Waals surface area contributed by atoms with Crippen molar-refractivity contribution in [2.45, 2.75) is 46.0 Å². The molecule has 0 atom stereocenters. The number of hydrogen-bond acceptors (Lipinski definition) is 5. The van der Waals surface area contributed by atoms with Gasteiger partial charge in [-0.3, -0.25) is 4.99 Å². The van der Waals surface area contributed by atoms with Gasteiger partial charge in [-0.05, 0) is 37.3 Å². The van der Waals surface area contributed by atoms with Crippen molar-refractivity contribution in [2.24, 2.45) is 9.98 Å². The SMILES string of the molecule is CCCN=C1CCCC(Cl)=Nc2c(NCCC)nc(Cl)nc21. The number of halogens is 2. The third kappa shape index (κ3) is 4.40. The molecule has 0 fully saturated rings. The number of nitrogens with one attached hydrogen (secondary N) is 1. The second-order valence-corrected chi connectivity index (χ2v) is 5.91. The highest BCUT2D eigenvalue weighted by Gasteiger charge is 2.20. The summed E-state index contributed by atoms with van der Waals surface area (Å²) in [7, 11) is 0. The number of aliphatic imine (C=N–C) groups is 2. The van der Waals surface area contributed by atoms with Crippen LogP contribution in [0.1, 0.15) is 51.6 Å². The van der Waals surface area contributed by atoms with Crippen molar-refractivity contribution in [2.75, 3.05) is 18.4 Å². The Hall–Kier alpha value is -1.20. The maximum atomic E-state index is 6.21. The van der Waals surface area contributed by atoms with E-state index in [1.54, 1.807) is 0 Å². The fraction of sp³-hybridized carbons (Fsp3) is 0.600. The summed E-state index contributed by atoms with van der Waals surface area (Å²) in [5.41, 5.74) is 2.29. The summed E-state index contributed by atoms with van der Waals surface area (Å²) in [5, 5.41) is 4.03. The quantitative estimate of drug-likeness (QED) is 0.795. The van der Waals surface area contributed by atoms with E-state index in [1.165, 1.54) is 0 Å². The maximum Gasteiger partial charge on any atom is 0.225 e. The Labute approximate surface area is 141 Å². The zero-order chi connectivity index (χ0) is 15.9. The Morgan fingerprint density at radius 1 is 1.14 bits per heavy atom. The minimum absolute atomic E-state index is 0.202. The van der Waals surface area contributed by atoms with E-state index in [9.17, 15) is 0 Å². The smallest absolute Gasteiger partial charge is 0.225 e. The Bertz CT molecular complexity index is 584. The van der Waals surface area contributed by atoms with Crippen LogP contribution in [0.3, 0.4) is 0 Å². The molecule has 2 heterocycles. The molecule has 1 aromatic rings. The first-order valence-corrected chi connectivity index (χ1v) is 8.49. The van der Waals surface area contributed by atoms with Crippen LogP contribution in [0.4, 0.5) is 11.5 Å². The molecular formula is C15H21Cl2N5. The Morgan fingerprint density at radius 2 is 1.95 bits per heavy atom. The lowest BCUT2D eigenvalue weighted by atomic mass is 10.1. The van der Waals surface area contributed by atoms with Crippen molar-refractivity contribution < 1.29 is 0 Å². The van der Waals surface area contributed by atoms with E-state index >= 15 is 0 Å². The van der Waals surface area contributed by atoms with Crippen LogP contribution in [0.5, 0.6) is 0 Å². The largest absolute Gasteiger partial charge is 0.368 e. The Morgan fingerprint density at radius 3 is 2.68 bits per heavy atom. The van der Waals surface area contributed by atoms with Gasteiger partial charge in [-0.25, -0.2) is 9.98 Å². The second kappa shape index (κ2) is 8.44. The van der Waals surface area contributed by atoms with Crippen LogP contribution in [0, 0.1) is 0 Å². The molecule has 0 unspecified atom stereocenters. The lowest BCUT2D eigenvalue weighted by Gasteiger charge is -2.16. The van der Waals surface area contributed by atoms with Crippen molar-refractivity contribution >= 4 is 45.6 Å². The average molecular weight is 342 g/mol. The van der Waals surface area contributed by atoms with Gasteiger partial charge in [0, 0.05) is 19.5 Å². The van der Waals surface area contributed by atoms with E-state index in [2.05, 4.69) is 39.1 Å². The van der Waals surface area contributed by atoms with E-state index in [0.29, 0.717) is 22.4 Å². The van der Waals surface area contributed by atoms with Gasteiger partial charge in [0.1, 0.15) is 16.6 Å². The van der Waals surface area contributed by atoms with Crippen molar-refractivity contribution in [3.05, 3.63) is 11.0 Å². The first-order valence-electron chi connectivity index (χ1n) is 7.73. The molecule has 0 spiro atoms. The van der Waals surface area contributed by atoms with Crippen molar-refractivity contribution in [3.8, 4) is 0 Å². The molecule has 2 rings (SSSR count). The molecule has 5 nitrogen and oxygen atoms in total. The number of rotatable bonds is 5. The van der Waals surface area contributed by atoms with Gasteiger partial charge >= 0.3 is 0 Å². The summed E-state index contributed by atoms with van der Waals surface area (Å²) < 4.78 is 0. The molecule has 0 aromatic carbocycles. The van der Waals surface area contributed by atoms with Crippen LogP contribution in [0.2, 0.25) is 5.28 Å². The molecule has 1 aliphatic heterocycles. The lowest BCUT2D eigenvalue weighted by molar-refractivity contribution is 0.882. The summed E-state index contributed by atoms with van der Waals surface area (Å²) in [6.45, 7) is 5.74. The summed E-state index contributed by atoms with van der Waals surface area (Å²) in [4.78, 5) is 17.8. The maximum absolute atomic E-state index is 6.21. The molecule has 0 amide bonds. The van der Waals surface area contributed by atoms with Gasteiger partial charge in [0.25, 0.3) is 0 Å². The molecular weight excluding hydrogens is 321 g/mol. The highest BCUT2D eigenvalue weighted by molar-refractivity contribution is 6.65. The van der Waals surface area contributed by atoms with E-state index in [0.717, 1.165) is 50.9 Å². The summed E-state index contributed by atoms with van der Waals surface area (Å²) >= 11 is 12.3. The van der Waals surface area contributed by atoms with E-state index < -0.39 is 0 Å². The number of nitrogens with zero attached hydrogens (tertiary/aromatic N) is 4. The van der Waals surface area contributed by atoms with Gasteiger partial charge in [0.2, 0.25) is 5.28 Å². The highest BCUT2D eigenvalue weighted by Crippen LogP contribution is 2.32. The molecule has 0 bridgehead atoms. The molecule has 0 radical (unpaired) electrons. The van der Waals surface area contributed by atoms with Crippen LogP contribution in [-0.4, -0.2) is 33.9 Å². The number of anilines is 1. The highest BCUT2D eigenvalue weighted by atomic mass is 35.5. The van der Waals surface area contributed by atoms with Gasteiger partial charge in [-0.15, -0.1) is 0 Å². The standard InChI is InChI=1S/C15H21Cl2N5/c1-3-8-18-10-6-5-7-11(16)20-13-12(10)21-15(17)22-14(13)19-9-4-2/h3-9H2,1-2H3,(H,19,21,22). The fourth-order valence-electron chi connectivity index (χ4n) is 2.20. The zero-order valence-electron chi connectivity index (χ0n) is 13.0. The second-order valence-electron chi connectivity index (χ2n) is 5.14. The summed E-state index contributed by atoms with van der Waals surface area (Å²) in [5.74, 6) is 0.626. The third-order valence-electron chi connectivity index (χ3n) is 3.23. The van der Waals surface area contributed by atoms with Crippen molar-refractivity contribution in [1.29, 1.82) is 0 Å². The minimum atomic E-state index is 0.202. The molecule has 1 aromatic heterocycles. The minimum Gasteiger partial charge on any atom is -0.368 e. The lowest BCUT2D eigenvalue weighted by Crippen LogP contribution is -2.13. The molecule has 7 heteroatoms. The van der Waals surface area contributed by atoms with Gasteiger partial charge in [0.05, 0.1) is 5.71 Å². The average Bonchev–Trinajstić information content (AvgIpc) is 2.49. The predicted octanol–water partition coefficient (Wildman–Crippen LogP) is 4.60. The van der Waals surface area contributed by atoms with Crippen LogP contribution in [0.15, 0.2) is 9.98 Å². The number of fused-ring (bicyclic) bond motifs is 1. The van der Waals surface area contributed by atoms with Gasteiger partial charge in [0.15, 0.2) is 5.82 Å². The van der Waals surface area contributed by atoms with Crippen LogP contribution in [0.25, 0.3) is 0 Å². The number of aromatic nitrogens is 2. The first kappa shape index (κ1) is 17.2. The van der Waals surface area contributed by atoms with Crippen LogP contribution in [-0.2, 0) is 0 Å². The Kier molecular flexibility index (Phi) is 6.58. The zero-order valence-corrected chi connectivity index (χ0v) is 14.5. The number of hydrogen-bond donors (Lipinski definition) is 1. The van der Waals surface area contributed by atoms with Gasteiger partial charge in [-0.2, -0.15) is 4.98 Å². The van der Waals surface area contributed by atoms with Gasteiger partial charge < -0.3 is 5.32 Å². The van der Waals surface area contributed by atoms with E-state index in [1.807, 2.05) is 0 Å². The van der Waals surface area contributed by atoms with E-state index in [-0.39, 0.29) is 5.28 Å². The van der Waals surface area contributed by atoms with Crippen LogP contribution < -0.4 is 5.32 Å². The summed E-state index contributed by atoms with van der Waals surface area (Å²) in [6.07, 6.45) is 4.43. The Balaban J connectivity index is 2.55. The monoisotopic (exact) mass is 341 g/mol. The topological polar surface area (TPSA) is 62.5 Å². The normalized spacial score (nSPS) is 16.7. The molecule has 0 saturated carbocycles. The summed E-state index contributed by atoms with van der Waals surface area (Å²) in [6, 6.07) is 0. The van der Waals surface area contributed by atoms with Crippen molar-refractivity contribution in [3.63, 3.8) is 0 Å². The van der Waals surface area contributed by atoms with E-state index in [4.69, 9.17) is 23.2 Å². The fourth-order valence-corrected chi connectivity index (χ4v) is 2.59. The van der Waals surface area contributed by atoms with Crippen LogP contribution >= 0.6 is 23.2 Å². The predicted molar refractivity (Wildman–Crippen MR) is 94.3 cm³/mol. The molecule has 120 valence electrons. The van der Waals surface area contributed by atoms with Gasteiger partial charge in [-0.1, -0.05) is 25.4 Å². The molecule has 0 aliphatic carbocycles. The molecule has 22 heavy (non-hydrogen) atoms. The molecule has 0 saturated heterocycles. The third-order valence-corrected chi connectivity index (χ3v) is 3.67.